The Balaban J connectivity index is 1.97. The zero-order valence-corrected chi connectivity index (χ0v) is 21.3. The highest BCUT2D eigenvalue weighted by Gasteiger charge is 2.38. The van der Waals surface area contributed by atoms with Gasteiger partial charge in [0.05, 0.1) is 23.9 Å². The molecule has 32 heavy (non-hydrogen) atoms. The van der Waals surface area contributed by atoms with Gasteiger partial charge < -0.3 is 24.0 Å². The molecule has 1 amide bonds. The summed E-state index contributed by atoms with van der Waals surface area (Å²) in [6.45, 7) is 14.0. The molecule has 1 aromatic rings. The Kier molecular flexibility index (Phi) is 7.11. The van der Waals surface area contributed by atoms with Crippen molar-refractivity contribution < 1.29 is 23.4 Å². The van der Waals surface area contributed by atoms with Crippen LogP contribution in [-0.2, 0) is 9.47 Å². The minimum Gasteiger partial charge on any atom is -0.484 e. The summed E-state index contributed by atoms with van der Waals surface area (Å²) in [7, 11) is -0.0226. The van der Waals surface area contributed by atoms with Gasteiger partial charge in [-0.2, -0.15) is 0 Å². The number of piperazine rings is 1. The van der Waals surface area contributed by atoms with Crippen molar-refractivity contribution in [2.45, 2.75) is 64.6 Å². The number of methoxy groups -OCH3 is 1. The Bertz CT molecular complexity index is 914. The van der Waals surface area contributed by atoms with E-state index in [4.69, 9.17) is 14.2 Å². The second-order valence-corrected chi connectivity index (χ2v) is 15.3. The summed E-state index contributed by atoms with van der Waals surface area (Å²) in [4.78, 5) is 16.5. The zero-order valence-electron chi connectivity index (χ0n) is 20.3. The third-order valence-electron chi connectivity index (χ3n) is 5.22. The van der Waals surface area contributed by atoms with Gasteiger partial charge in [0.1, 0.15) is 25.6 Å². The molecular weight excluding hydrogens is 427 g/mol. The molecular formula is C24H35FN2O4Si. The van der Waals surface area contributed by atoms with Crippen molar-refractivity contribution in [1.82, 2.24) is 4.90 Å². The molecule has 2 aliphatic rings. The van der Waals surface area contributed by atoms with Gasteiger partial charge in [0.25, 0.3) is 0 Å². The average Bonchev–Trinajstić information content (AvgIpc) is 2.80. The van der Waals surface area contributed by atoms with Crippen LogP contribution >= 0.6 is 0 Å². The second kappa shape index (κ2) is 9.32. The van der Waals surface area contributed by atoms with Gasteiger partial charge in [-0.3, -0.25) is 0 Å². The maximum atomic E-state index is 14.7. The van der Waals surface area contributed by atoms with Crippen molar-refractivity contribution >= 4 is 19.9 Å². The molecule has 0 aromatic heterocycles. The van der Waals surface area contributed by atoms with Crippen LogP contribution < -0.4 is 9.64 Å². The Morgan fingerprint density at radius 3 is 2.62 bits per heavy atom. The summed E-state index contributed by atoms with van der Waals surface area (Å²) in [6.07, 6.45) is 0.0848. The van der Waals surface area contributed by atoms with Gasteiger partial charge in [0.15, 0.2) is 5.75 Å². The average molecular weight is 463 g/mol. The van der Waals surface area contributed by atoms with Gasteiger partial charge in [-0.15, -0.1) is 5.54 Å². The van der Waals surface area contributed by atoms with Gasteiger partial charge in [0, 0.05) is 39.2 Å². The topological polar surface area (TPSA) is 51.2 Å². The quantitative estimate of drug-likeness (QED) is 0.485. The van der Waals surface area contributed by atoms with Crippen molar-refractivity contribution in [3.63, 3.8) is 0 Å². The fourth-order valence-corrected chi connectivity index (χ4v) is 4.45. The van der Waals surface area contributed by atoms with E-state index in [2.05, 4.69) is 36.0 Å². The number of carbonyl (C=O) groups excluding carboxylic acids is 1. The van der Waals surface area contributed by atoms with Crippen LogP contribution in [0.25, 0.3) is 0 Å². The van der Waals surface area contributed by atoms with Crippen LogP contribution in [0.4, 0.5) is 14.9 Å². The van der Waals surface area contributed by atoms with Gasteiger partial charge >= 0.3 is 6.09 Å². The first-order chi connectivity index (χ1) is 14.9. The molecule has 1 fully saturated rings. The summed E-state index contributed by atoms with van der Waals surface area (Å²) in [6, 6.07) is 2.92. The van der Waals surface area contributed by atoms with E-state index in [1.807, 2.05) is 20.8 Å². The molecule has 0 bridgehead atoms. The van der Waals surface area contributed by atoms with E-state index in [-0.39, 0.29) is 24.1 Å². The molecule has 0 spiro atoms. The van der Waals surface area contributed by atoms with Crippen LogP contribution in [-0.4, -0.2) is 70.2 Å². The molecule has 0 radical (unpaired) electrons. The zero-order chi connectivity index (χ0) is 23.7. The van der Waals surface area contributed by atoms with Crippen LogP contribution in [0, 0.1) is 17.3 Å². The maximum absolute atomic E-state index is 14.7. The molecule has 176 valence electrons. The van der Waals surface area contributed by atoms with Crippen LogP contribution in [0.3, 0.4) is 0 Å². The lowest BCUT2D eigenvalue weighted by Crippen LogP contribution is -2.56. The molecule has 8 heteroatoms. The number of anilines is 1. The summed E-state index contributed by atoms with van der Waals surface area (Å²) in [5.74, 6) is 3.45. The second-order valence-electron chi connectivity index (χ2n) is 10.5. The highest BCUT2D eigenvalue weighted by Crippen LogP contribution is 2.40. The highest BCUT2D eigenvalue weighted by molar-refractivity contribution is 6.83. The van der Waals surface area contributed by atoms with Crippen LogP contribution in [0.2, 0.25) is 19.6 Å². The molecule has 2 atom stereocenters. The van der Waals surface area contributed by atoms with E-state index in [1.165, 1.54) is 12.1 Å². The molecule has 1 saturated heterocycles. The van der Waals surface area contributed by atoms with E-state index in [0.29, 0.717) is 49.7 Å². The Morgan fingerprint density at radius 2 is 2.00 bits per heavy atom. The van der Waals surface area contributed by atoms with Gasteiger partial charge in [-0.25, -0.2) is 9.18 Å². The molecule has 0 N–H and O–H groups in total. The Morgan fingerprint density at radius 1 is 1.28 bits per heavy atom. The first kappa shape index (κ1) is 24.4. The standard InChI is InChI=1S/C24H35FN2O4Si/c1-24(2,3)31-23(28)26-9-10-27-19(15-26)14-20(16-29-4)30-22-17(8-11-32(5,6)7)12-18(25)13-21(22)27/h12-13,19-20H,9-10,14-16H2,1-7H3/t19-,20+/m1/s1. The van der Waals surface area contributed by atoms with Gasteiger partial charge in [-0.1, -0.05) is 25.6 Å². The summed E-state index contributed by atoms with van der Waals surface area (Å²) >= 11 is 0. The first-order valence-corrected chi connectivity index (χ1v) is 14.6. The smallest absolute Gasteiger partial charge is 0.410 e. The molecule has 1 aromatic carbocycles. The lowest BCUT2D eigenvalue weighted by Gasteiger charge is -2.42. The Hall–Kier alpha value is -2.24. The molecule has 2 aliphatic heterocycles. The fourth-order valence-electron chi connectivity index (χ4n) is 3.94. The van der Waals surface area contributed by atoms with E-state index >= 15 is 0 Å². The largest absolute Gasteiger partial charge is 0.484 e. The van der Waals surface area contributed by atoms with E-state index in [0.717, 1.165) is 0 Å². The van der Waals surface area contributed by atoms with Crippen LogP contribution in [0.1, 0.15) is 32.8 Å². The van der Waals surface area contributed by atoms with Crippen molar-refractivity contribution in [2.75, 3.05) is 38.3 Å². The number of fused-ring (bicyclic) bond motifs is 3. The predicted octanol–water partition coefficient (Wildman–Crippen LogP) is 4.28. The van der Waals surface area contributed by atoms with Crippen molar-refractivity contribution in [2.24, 2.45) is 0 Å². The third-order valence-corrected chi connectivity index (χ3v) is 6.10. The number of hydrogen-bond donors (Lipinski definition) is 0. The van der Waals surface area contributed by atoms with Gasteiger partial charge in [0.2, 0.25) is 0 Å². The molecule has 0 unspecified atom stereocenters. The molecule has 3 rings (SSSR count). The molecule has 6 nitrogen and oxygen atoms in total. The third kappa shape index (κ3) is 6.17. The molecule has 2 heterocycles. The monoisotopic (exact) mass is 462 g/mol. The SMILES string of the molecule is COC[C@@H]1C[C@@H]2CN(C(=O)OC(C)(C)C)CCN2c2cc(F)cc(C#C[Si](C)(C)C)c2O1. The van der Waals surface area contributed by atoms with E-state index < -0.39 is 13.7 Å². The van der Waals surface area contributed by atoms with Crippen molar-refractivity contribution in [3.05, 3.63) is 23.5 Å². The number of halogens is 1. The number of hydrogen-bond acceptors (Lipinski definition) is 5. The minimum atomic E-state index is -1.66. The summed E-state index contributed by atoms with van der Waals surface area (Å²) in [5, 5.41) is 0. The van der Waals surface area contributed by atoms with Crippen molar-refractivity contribution in [3.8, 4) is 17.2 Å². The number of benzene rings is 1. The summed E-state index contributed by atoms with van der Waals surface area (Å²) < 4.78 is 32.0. The van der Waals surface area contributed by atoms with Gasteiger partial charge in [-0.05, 0) is 26.8 Å². The van der Waals surface area contributed by atoms with Crippen LogP contribution in [0.5, 0.6) is 5.75 Å². The predicted molar refractivity (Wildman–Crippen MR) is 126 cm³/mol. The number of rotatable bonds is 2. The minimum absolute atomic E-state index is 0.0442. The molecule has 0 saturated carbocycles. The Labute approximate surface area is 192 Å². The van der Waals surface area contributed by atoms with E-state index in [9.17, 15) is 9.18 Å². The number of nitrogens with zero attached hydrogens (tertiary/aromatic N) is 2. The highest BCUT2D eigenvalue weighted by atomic mass is 28.3. The lowest BCUT2D eigenvalue weighted by molar-refractivity contribution is 0.0190. The fraction of sp³-hybridized carbons (Fsp3) is 0.625. The van der Waals surface area contributed by atoms with Crippen molar-refractivity contribution in [1.29, 1.82) is 0 Å². The number of ether oxygens (including phenoxy) is 3. The van der Waals surface area contributed by atoms with Crippen LogP contribution in [0.15, 0.2) is 12.1 Å². The normalized spacial score (nSPS) is 20.9. The first-order valence-electron chi connectivity index (χ1n) is 11.1. The summed E-state index contributed by atoms with van der Waals surface area (Å²) in [5.41, 5.74) is 4.03. The maximum Gasteiger partial charge on any atom is 0.410 e. The lowest BCUT2D eigenvalue weighted by atomic mass is 10.0. The number of amides is 1. The van der Waals surface area contributed by atoms with E-state index in [1.54, 1.807) is 12.0 Å². The molecule has 0 aliphatic carbocycles. The number of carbonyl (C=O) groups is 1.